The van der Waals surface area contributed by atoms with Crippen LogP contribution in [0.15, 0.2) is 18.2 Å². The summed E-state index contributed by atoms with van der Waals surface area (Å²) >= 11 is 0. The van der Waals surface area contributed by atoms with E-state index in [0.29, 0.717) is 0 Å². The third kappa shape index (κ3) is 4.59. The number of nitrogens with one attached hydrogen (secondary N) is 1. The summed E-state index contributed by atoms with van der Waals surface area (Å²) in [5.74, 6) is 1.61. The summed E-state index contributed by atoms with van der Waals surface area (Å²) < 4.78 is 10.8. The van der Waals surface area contributed by atoms with Gasteiger partial charge in [-0.05, 0) is 13.1 Å². The van der Waals surface area contributed by atoms with Gasteiger partial charge in [-0.15, -0.1) is 0 Å². The van der Waals surface area contributed by atoms with E-state index in [2.05, 4.69) is 28.2 Å². The molecular weight excluding hydrogens is 266 g/mol. The van der Waals surface area contributed by atoms with Crippen LogP contribution >= 0.6 is 0 Å². The normalized spacial score (nSPS) is 16.9. The van der Waals surface area contributed by atoms with Crippen LogP contribution < -0.4 is 14.8 Å². The molecule has 1 aromatic rings. The predicted molar refractivity (Wildman–Crippen MR) is 85.2 cm³/mol. The van der Waals surface area contributed by atoms with Crippen LogP contribution in [0.25, 0.3) is 0 Å². The summed E-state index contributed by atoms with van der Waals surface area (Å²) in [4.78, 5) is 4.89. The number of likely N-dealkylation sites (N-methyl/N-ethyl adjacent to an activating group) is 1. The summed E-state index contributed by atoms with van der Waals surface area (Å²) in [6.07, 6.45) is 0. The van der Waals surface area contributed by atoms with Crippen molar-refractivity contribution in [3.8, 4) is 11.5 Å². The quantitative estimate of drug-likeness (QED) is 0.760. The van der Waals surface area contributed by atoms with Crippen molar-refractivity contribution in [3.63, 3.8) is 0 Å². The first-order valence-electron chi connectivity index (χ1n) is 7.56. The van der Waals surface area contributed by atoms with Gasteiger partial charge in [-0.25, -0.2) is 0 Å². The Morgan fingerprint density at radius 3 is 2.52 bits per heavy atom. The Kier molecular flexibility index (Phi) is 6.29. The van der Waals surface area contributed by atoms with E-state index in [-0.39, 0.29) is 0 Å². The van der Waals surface area contributed by atoms with E-state index in [1.807, 2.05) is 12.1 Å². The second-order valence-electron chi connectivity index (χ2n) is 5.47. The van der Waals surface area contributed by atoms with Gasteiger partial charge >= 0.3 is 0 Å². The molecule has 1 fully saturated rings. The van der Waals surface area contributed by atoms with Crippen molar-refractivity contribution in [2.45, 2.75) is 6.54 Å². The van der Waals surface area contributed by atoms with Crippen molar-refractivity contribution in [1.82, 2.24) is 15.1 Å². The number of rotatable bonds is 7. The summed E-state index contributed by atoms with van der Waals surface area (Å²) in [5, 5.41) is 3.50. The lowest BCUT2D eigenvalue weighted by molar-refractivity contribution is 0.154. The molecule has 0 unspecified atom stereocenters. The predicted octanol–water partition coefficient (Wildman–Crippen LogP) is 1.04. The van der Waals surface area contributed by atoms with Crippen molar-refractivity contribution in [3.05, 3.63) is 23.8 Å². The molecule has 0 aromatic heterocycles. The molecule has 0 amide bonds. The Hall–Kier alpha value is -1.30. The average Bonchev–Trinajstić information content (AvgIpc) is 2.52. The average molecular weight is 293 g/mol. The SMILES string of the molecule is COc1cccc(CNCCN2CCN(C)CC2)c1OC. The van der Waals surface area contributed by atoms with Crippen LogP contribution in [0.4, 0.5) is 0 Å². The number of ether oxygens (including phenoxy) is 2. The highest BCUT2D eigenvalue weighted by atomic mass is 16.5. The Morgan fingerprint density at radius 1 is 1.10 bits per heavy atom. The van der Waals surface area contributed by atoms with Gasteiger partial charge in [-0.2, -0.15) is 0 Å². The number of para-hydroxylation sites is 1. The first-order valence-corrected chi connectivity index (χ1v) is 7.56. The number of piperazine rings is 1. The van der Waals surface area contributed by atoms with Gasteiger partial charge in [0.05, 0.1) is 14.2 Å². The Bertz CT molecular complexity index is 432. The molecule has 5 nitrogen and oxygen atoms in total. The maximum absolute atomic E-state index is 5.45. The number of hydrogen-bond donors (Lipinski definition) is 1. The van der Waals surface area contributed by atoms with Crippen LogP contribution in [0.3, 0.4) is 0 Å². The van der Waals surface area contributed by atoms with E-state index in [9.17, 15) is 0 Å². The minimum atomic E-state index is 0.788. The zero-order chi connectivity index (χ0) is 15.1. The molecule has 0 spiro atoms. The van der Waals surface area contributed by atoms with Gasteiger partial charge < -0.3 is 19.7 Å². The topological polar surface area (TPSA) is 37.0 Å². The summed E-state index contributed by atoms with van der Waals surface area (Å²) in [7, 11) is 5.54. The highest BCUT2D eigenvalue weighted by molar-refractivity contribution is 5.46. The van der Waals surface area contributed by atoms with Gasteiger partial charge in [-0.1, -0.05) is 12.1 Å². The maximum atomic E-state index is 5.45. The van der Waals surface area contributed by atoms with Crippen LogP contribution in [0.2, 0.25) is 0 Å². The second kappa shape index (κ2) is 8.22. The van der Waals surface area contributed by atoms with Gasteiger partial charge in [0.2, 0.25) is 0 Å². The van der Waals surface area contributed by atoms with Crippen molar-refractivity contribution in [1.29, 1.82) is 0 Å². The second-order valence-corrected chi connectivity index (χ2v) is 5.47. The van der Waals surface area contributed by atoms with Crippen LogP contribution in [0.1, 0.15) is 5.56 Å². The van der Waals surface area contributed by atoms with Crippen LogP contribution in [-0.2, 0) is 6.54 Å². The van der Waals surface area contributed by atoms with Crippen molar-refractivity contribution < 1.29 is 9.47 Å². The molecule has 5 heteroatoms. The van der Waals surface area contributed by atoms with E-state index < -0.39 is 0 Å². The molecule has 0 bridgehead atoms. The van der Waals surface area contributed by atoms with Crippen LogP contribution in [0, 0.1) is 0 Å². The minimum absolute atomic E-state index is 0.788. The molecule has 1 N–H and O–H groups in total. The van der Waals surface area contributed by atoms with E-state index in [0.717, 1.165) is 36.7 Å². The lowest BCUT2D eigenvalue weighted by Crippen LogP contribution is -2.46. The molecule has 118 valence electrons. The number of hydrogen-bond acceptors (Lipinski definition) is 5. The molecule has 0 saturated carbocycles. The molecule has 21 heavy (non-hydrogen) atoms. The summed E-state index contributed by atoms with van der Waals surface area (Å²) in [6, 6.07) is 6.00. The van der Waals surface area contributed by atoms with Crippen LogP contribution in [-0.4, -0.2) is 70.3 Å². The Morgan fingerprint density at radius 2 is 1.86 bits per heavy atom. The first kappa shape index (κ1) is 16.1. The van der Waals surface area contributed by atoms with Gasteiger partial charge in [0.1, 0.15) is 0 Å². The number of methoxy groups -OCH3 is 2. The molecule has 1 heterocycles. The maximum Gasteiger partial charge on any atom is 0.165 e. The minimum Gasteiger partial charge on any atom is -0.493 e. The molecular formula is C16H27N3O2. The fourth-order valence-corrected chi connectivity index (χ4v) is 2.62. The lowest BCUT2D eigenvalue weighted by Gasteiger charge is -2.32. The van der Waals surface area contributed by atoms with Crippen molar-refractivity contribution in [2.24, 2.45) is 0 Å². The highest BCUT2D eigenvalue weighted by Gasteiger charge is 2.13. The molecule has 1 aliphatic heterocycles. The van der Waals surface area contributed by atoms with E-state index in [1.54, 1.807) is 14.2 Å². The largest absolute Gasteiger partial charge is 0.493 e. The number of benzene rings is 1. The highest BCUT2D eigenvalue weighted by Crippen LogP contribution is 2.30. The molecule has 0 radical (unpaired) electrons. The van der Waals surface area contributed by atoms with E-state index in [4.69, 9.17) is 9.47 Å². The Labute approximate surface area is 127 Å². The summed E-state index contributed by atoms with van der Waals surface area (Å²) in [6.45, 7) is 7.56. The molecule has 1 saturated heterocycles. The van der Waals surface area contributed by atoms with Crippen molar-refractivity contribution in [2.75, 3.05) is 60.5 Å². The van der Waals surface area contributed by atoms with Gasteiger partial charge in [0.15, 0.2) is 11.5 Å². The molecule has 0 atom stereocenters. The monoisotopic (exact) mass is 293 g/mol. The third-order valence-corrected chi connectivity index (χ3v) is 4.00. The molecule has 2 rings (SSSR count). The van der Waals surface area contributed by atoms with Gasteiger partial charge in [0, 0.05) is 51.4 Å². The molecule has 1 aromatic carbocycles. The zero-order valence-corrected chi connectivity index (χ0v) is 13.4. The number of nitrogens with zero attached hydrogens (tertiary/aromatic N) is 2. The smallest absolute Gasteiger partial charge is 0.165 e. The van der Waals surface area contributed by atoms with Crippen molar-refractivity contribution >= 4 is 0 Å². The standard InChI is InChI=1S/C16H27N3O2/c1-18-9-11-19(12-10-18)8-7-17-13-14-5-4-6-15(20-2)16(14)21-3/h4-6,17H,7-13H2,1-3H3. The fourth-order valence-electron chi connectivity index (χ4n) is 2.62. The van der Waals surface area contributed by atoms with E-state index >= 15 is 0 Å². The van der Waals surface area contributed by atoms with Crippen LogP contribution in [0.5, 0.6) is 11.5 Å². The third-order valence-electron chi connectivity index (χ3n) is 4.00. The summed E-state index contributed by atoms with van der Waals surface area (Å²) in [5.41, 5.74) is 1.13. The molecule has 1 aliphatic rings. The fraction of sp³-hybridized carbons (Fsp3) is 0.625. The Balaban J connectivity index is 1.76. The van der Waals surface area contributed by atoms with Gasteiger partial charge in [-0.3, -0.25) is 4.90 Å². The van der Waals surface area contributed by atoms with E-state index in [1.165, 1.54) is 26.2 Å². The first-order chi connectivity index (χ1) is 10.2. The zero-order valence-electron chi connectivity index (χ0n) is 13.4. The lowest BCUT2D eigenvalue weighted by atomic mass is 10.2. The molecule has 0 aliphatic carbocycles. The van der Waals surface area contributed by atoms with Gasteiger partial charge in [0.25, 0.3) is 0 Å².